The van der Waals surface area contributed by atoms with Crippen LogP contribution >= 0.6 is 22.9 Å². The number of piperidine rings is 1. The van der Waals surface area contributed by atoms with Crippen LogP contribution in [-0.2, 0) is 6.42 Å². The second-order valence-electron chi connectivity index (χ2n) is 6.99. The molecular weight excluding hydrogens is 396 g/mol. The number of hydrogen-bond acceptors (Lipinski definition) is 6. The summed E-state index contributed by atoms with van der Waals surface area (Å²) in [7, 11) is 0. The maximum atomic E-state index is 12.9. The number of nitrogens with zero attached hydrogens (tertiary/aromatic N) is 3. The van der Waals surface area contributed by atoms with Crippen LogP contribution in [0.1, 0.15) is 51.3 Å². The topological polar surface area (TPSA) is 85.2 Å². The minimum Gasteiger partial charge on any atom is -0.445 e. The van der Waals surface area contributed by atoms with Crippen LogP contribution in [0, 0.1) is 6.92 Å². The second-order valence-corrected chi connectivity index (χ2v) is 8.43. The van der Waals surface area contributed by atoms with Gasteiger partial charge in [-0.3, -0.25) is 4.79 Å². The van der Waals surface area contributed by atoms with E-state index in [-0.39, 0.29) is 11.8 Å². The molecule has 3 heterocycles. The molecule has 1 atom stereocenters. The van der Waals surface area contributed by atoms with Gasteiger partial charge < -0.3 is 15.1 Å². The smallest absolute Gasteiger partial charge is 0.265 e. The van der Waals surface area contributed by atoms with Crippen molar-refractivity contribution < 1.29 is 9.21 Å². The lowest BCUT2D eigenvalue weighted by atomic mass is 9.98. The first-order valence-electron chi connectivity index (χ1n) is 9.21. The van der Waals surface area contributed by atoms with E-state index in [4.69, 9.17) is 21.8 Å². The molecular formula is C20H21ClN4O2S. The second kappa shape index (κ2) is 7.93. The Morgan fingerprint density at radius 1 is 1.43 bits per heavy atom. The maximum absolute atomic E-state index is 12.9. The quantitative estimate of drug-likeness (QED) is 0.685. The first-order valence-corrected chi connectivity index (χ1v) is 10.4. The first kappa shape index (κ1) is 19.0. The number of anilines is 1. The lowest BCUT2D eigenvalue weighted by Gasteiger charge is -2.31. The molecule has 0 spiro atoms. The molecule has 3 aromatic rings. The Balaban J connectivity index is 1.46. The van der Waals surface area contributed by atoms with Crippen LogP contribution in [0.25, 0.3) is 0 Å². The standard InChI is InChI=1S/C20H21ClN4O2S/c1-12-17(28-20(22)24-12)19(26)25-8-4-6-14(11-25)18-23-10-15(27-18)9-13-5-2-3-7-16(13)21/h2-3,5,7,10,14H,4,6,8-9,11H2,1H3,(H2,22,24)/t14-/m1/s1. The predicted molar refractivity (Wildman–Crippen MR) is 110 cm³/mol. The van der Waals surface area contributed by atoms with E-state index in [2.05, 4.69) is 9.97 Å². The normalized spacial score (nSPS) is 17.1. The van der Waals surface area contributed by atoms with Gasteiger partial charge in [-0.2, -0.15) is 0 Å². The minimum absolute atomic E-state index is 0.0146. The lowest BCUT2D eigenvalue weighted by Crippen LogP contribution is -2.39. The largest absolute Gasteiger partial charge is 0.445 e. The molecule has 1 aromatic carbocycles. The molecule has 4 rings (SSSR count). The van der Waals surface area contributed by atoms with E-state index >= 15 is 0 Å². The third-order valence-corrected chi connectivity index (χ3v) is 6.30. The summed E-state index contributed by atoms with van der Waals surface area (Å²) in [5.74, 6) is 1.53. The van der Waals surface area contributed by atoms with Gasteiger partial charge in [-0.15, -0.1) is 0 Å². The maximum Gasteiger partial charge on any atom is 0.265 e. The molecule has 1 aliphatic rings. The Hall–Kier alpha value is -2.38. The van der Waals surface area contributed by atoms with E-state index < -0.39 is 0 Å². The third-order valence-electron chi connectivity index (χ3n) is 4.96. The summed E-state index contributed by atoms with van der Waals surface area (Å²) in [6.45, 7) is 3.12. The van der Waals surface area contributed by atoms with E-state index in [1.54, 1.807) is 6.20 Å². The first-order chi connectivity index (χ1) is 13.5. The van der Waals surface area contributed by atoms with Crippen molar-refractivity contribution in [3.05, 3.63) is 63.3 Å². The number of benzene rings is 1. The van der Waals surface area contributed by atoms with E-state index in [9.17, 15) is 4.79 Å². The highest BCUT2D eigenvalue weighted by Crippen LogP contribution is 2.30. The fourth-order valence-corrected chi connectivity index (χ4v) is 4.55. The Morgan fingerprint density at radius 3 is 3.00 bits per heavy atom. The Labute approximate surface area is 172 Å². The van der Waals surface area contributed by atoms with Gasteiger partial charge in [0.2, 0.25) is 0 Å². The molecule has 2 N–H and O–H groups in total. The molecule has 1 fully saturated rings. The van der Waals surface area contributed by atoms with Crippen molar-refractivity contribution in [1.82, 2.24) is 14.9 Å². The van der Waals surface area contributed by atoms with Crippen LogP contribution in [0.3, 0.4) is 0 Å². The summed E-state index contributed by atoms with van der Waals surface area (Å²) in [4.78, 5) is 24.0. The van der Waals surface area contributed by atoms with Crippen molar-refractivity contribution in [2.75, 3.05) is 18.8 Å². The summed E-state index contributed by atoms with van der Waals surface area (Å²) in [6, 6.07) is 7.71. The van der Waals surface area contributed by atoms with Crippen molar-refractivity contribution in [2.45, 2.75) is 32.1 Å². The fraction of sp³-hybridized carbons (Fsp3) is 0.350. The van der Waals surface area contributed by atoms with Gasteiger partial charge in [0, 0.05) is 24.5 Å². The summed E-state index contributed by atoms with van der Waals surface area (Å²) >= 11 is 7.48. The van der Waals surface area contributed by atoms with E-state index in [1.807, 2.05) is 36.1 Å². The van der Waals surface area contributed by atoms with Gasteiger partial charge in [0.05, 0.1) is 17.8 Å². The average Bonchev–Trinajstić information content (AvgIpc) is 3.29. The van der Waals surface area contributed by atoms with Crippen LogP contribution < -0.4 is 5.73 Å². The molecule has 0 aliphatic carbocycles. The van der Waals surface area contributed by atoms with E-state index in [0.29, 0.717) is 39.6 Å². The van der Waals surface area contributed by atoms with Gasteiger partial charge >= 0.3 is 0 Å². The number of rotatable bonds is 4. The average molecular weight is 417 g/mol. The number of carbonyl (C=O) groups excluding carboxylic acids is 1. The highest BCUT2D eigenvalue weighted by atomic mass is 35.5. The molecule has 146 valence electrons. The van der Waals surface area contributed by atoms with E-state index in [1.165, 1.54) is 11.3 Å². The zero-order chi connectivity index (χ0) is 19.7. The van der Waals surface area contributed by atoms with Crippen molar-refractivity contribution in [1.29, 1.82) is 0 Å². The molecule has 1 aliphatic heterocycles. The molecule has 28 heavy (non-hydrogen) atoms. The third kappa shape index (κ3) is 3.91. The summed E-state index contributed by atoms with van der Waals surface area (Å²) in [5, 5.41) is 1.14. The number of oxazole rings is 1. The monoisotopic (exact) mass is 416 g/mol. The molecule has 1 saturated heterocycles. The number of amides is 1. The summed E-state index contributed by atoms with van der Waals surface area (Å²) in [5.41, 5.74) is 7.44. The molecule has 0 unspecified atom stereocenters. The van der Waals surface area contributed by atoms with Gasteiger partial charge in [0.1, 0.15) is 10.6 Å². The zero-order valence-corrected chi connectivity index (χ0v) is 17.1. The molecule has 6 nitrogen and oxygen atoms in total. The van der Waals surface area contributed by atoms with Crippen LogP contribution in [0.4, 0.5) is 5.13 Å². The number of nitrogen functional groups attached to an aromatic ring is 1. The Kier molecular flexibility index (Phi) is 5.37. The van der Waals surface area contributed by atoms with Crippen molar-refractivity contribution in [3.8, 4) is 0 Å². The number of carbonyl (C=O) groups is 1. The van der Waals surface area contributed by atoms with Gasteiger partial charge in [-0.25, -0.2) is 9.97 Å². The number of aromatic nitrogens is 2. The van der Waals surface area contributed by atoms with Crippen molar-refractivity contribution in [2.24, 2.45) is 0 Å². The van der Waals surface area contributed by atoms with Crippen molar-refractivity contribution in [3.63, 3.8) is 0 Å². The number of halogens is 1. The highest BCUT2D eigenvalue weighted by Gasteiger charge is 2.30. The number of aryl methyl sites for hydroxylation is 1. The highest BCUT2D eigenvalue weighted by molar-refractivity contribution is 7.17. The van der Waals surface area contributed by atoms with Crippen LogP contribution in [0.2, 0.25) is 5.02 Å². The van der Waals surface area contributed by atoms with Crippen LogP contribution in [-0.4, -0.2) is 33.9 Å². The molecule has 1 amide bonds. The van der Waals surface area contributed by atoms with E-state index in [0.717, 1.165) is 30.7 Å². The predicted octanol–water partition coefficient (Wildman–Crippen LogP) is 4.29. The Bertz CT molecular complexity index is 1000. The van der Waals surface area contributed by atoms with Gasteiger partial charge in [-0.05, 0) is 31.4 Å². The SMILES string of the molecule is Cc1nc(N)sc1C(=O)N1CCC[C@@H](c2ncc(Cc3ccccc3Cl)o2)C1. The Morgan fingerprint density at radius 2 is 2.25 bits per heavy atom. The molecule has 0 saturated carbocycles. The van der Waals surface area contributed by atoms with Gasteiger partial charge in [0.15, 0.2) is 11.0 Å². The zero-order valence-electron chi connectivity index (χ0n) is 15.5. The fourth-order valence-electron chi connectivity index (χ4n) is 3.55. The minimum atomic E-state index is -0.0146. The molecule has 8 heteroatoms. The number of likely N-dealkylation sites (tertiary alicyclic amines) is 1. The van der Waals surface area contributed by atoms with Gasteiger partial charge in [0.25, 0.3) is 5.91 Å². The number of thiazole rings is 1. The molecule has 2 aromatic heterocycles. The van der Waals surface area contributed by atoms with Crippen LogP contribution in [0.5, 0.6) is 0 Å². The summed E-state index contributed by atoms with van der Waals surface area (Å²) < 4.78 is 6.01. The van der Waals surface area contributed by atoms with Crippen molar-refractivity contribution >= 4 is 34.0 Å². The van der Waals surface area contributed by atoms with Gasteiger partial charge in [-0.1, -0.05) is 41.1 Å². The van der Waals surface area contributed by atoms with Crippen LogP contribution in [0.15, 0.2) is 34.9 Å². The number of hydrogen-bond donors (Lipinski definition) is 1. The number of nitrogens with two attached hydrogens (primary N) is 1. The lowest BCUT2D eigenvalue weighted by molar-refractivity contribution is 0.0702. The molecule has 0 bridgehead atoms. The molecule has 0 radical (unpaired) electrons. The summed E-state index contributed by atoms with van der Waals surface area (Å²) in [6.07, 6.45) is 4.21.